The van der Waals surface area contributed by atoms with Crippen molar-refractivity contribution in [1.29, 1.82) is 0 Å². The summed E-state index contributed by atoms with van der Waals surface area (Å²) in [6, 6.07) is 61.8. The summed E-state index contributed by atoms with van der Waals surface area (Å²) in [7, 11) is 0. The van der Waals surface area contributed by atoms with Crippen LogP contribution < -0.4 is 4.90 Å². The van der Waals surface area contributed by atoms with Gasteiger partial charge in [0.2, 0.25) is 0 Å². The highest BCUT2D eigenvalue weighted by Crippen LogP contribution is 2.54. The average molecular weight is 603 g/mol. The maximum Gasteiger partial charge on any atom is 0.0702 e. The second-order valence-corrected chi connectivity index (χ2v) is 13.0. The van der Waals surface area contributed by atoms with Gasteiger partial charge in [-0.3, -0.25) is 0 Å². The maximum absolute atomic E-state index is 2.43. The minimum Gasteiger partial charge on any atom is -0.308 e. The first-order valence-electron chi connectivity index (χ1n) is 16.4. The molecule has 0 unspecified atom stereocenters. The predicted molar refractivity (Wildman–Crippen MR) is 198 cm³/mol. The summed E-state index contributed by atoms with van der Waals surface area (Å²) in [6.07, 6.45) is 0. The highest BCUT2D eigenvalue weighted by atomic mass is 15.2. The van der Waals surface area contributed by atoms with E-state index < -0.39 is 0 Å². The van der Waals surface area contributed by atoms with Crippen LogP contribution in [0.1, 0.15) is 25.0 Å². The second kappa shape index (κ2) is 10.6. The standard InChI is InChI=1S/C45H34N2/c1-45(2)38-29-28-33(30-37(38)44-34(22-15-23-39(44)45)31-16-5-3-6-17-31)46(32-18-7-4-8-19-32)42-26-13-14-27-43(42)47-40-24-11-9-20-35(40)36-21-10-12-25-41(36)47/h3-30H,1-2H3. The third-order valence-corrected chi connectivity index (χ3v) is 9.98. The summed E-state index contributed by atoms with van der Waals surface area (Å²) in [5, 5.41) is 2.52. The van der Waals surface area contributed by atoms with Crippen molar-refractivity contribution >= 4 is 38.9 Å². The van der Waals surface area contributed by atoms with E-state index in [1.807, 2.05) is 0 Å². The monoisotopic (exact) mass is 602 g/mol. The van der Waals surface area contributed by atoms with E-state index in [-0.39, 0.29) is 5.41 Å². The Bertz CT molecular complexity index is 2380. The molecule has 7 aromatic carbocycles. The SMILES string of the molecule is CC1(C)c2ccc(N(c3ccccc3)c3ccccc3-n3c4ccccc4c4ccccc43)cc2-c2c(-c3ccccc3)cccc21. The molecule has 1 aromatic heterocycles. The highest BCUT2D eigenvalue weighted by molar-refractivity contribution is 6.10. The molecule has 0 radical (unpaired) electrons. The third-order valence-electron chi connectivity index (χ3n) is 9.98. The molecule has 0 bridgehead atoms. The van der Waals surface area contributed by atoms with E-state index in [4.69, 9.17) is 0 Å². The van der Waals surface area contributed by atoms with Gasteiger partial charge in [-0.05, 0) is 81.9 Å². The molecule has 224 valence electrons. The zero-order valence-electron chi connectivity index (χ0n) is 26.6. The van der Waals surface area contributed by atoms with Gasteiger partial charge in [-0.2, -0.15) is 0 Å². The van der Waals surface area contributed by atoms with Crippen molar-refractivity contribution in [3.05, 3.63) is 181 Å². The Balaban J connectivity index is 1.31. The first-order chi connectivity index (χ1) is 23.1. The van der Waals surface area contributed by atoms with E-state index in [0.717, 1.165) is 22.7 Å². The number of anilines is 3. The maximum atomic E-state index is 2.43. The van der Waals surface area contributed by atoms with Gasteiger partial charge in [-0.1, -0.05) is 135 Å². The molecule has 2 heteroatoms. The Kier molecular flexibility index (Phi) is 6.20. The summed E-state index contributed by atoms with van der Waals surface area (Å²) in [6.45, 7) is 4.72. The van der Waals surface area contributed by atoms with Crippen LogP contribution in [0.15, 0.2) is 170 Å². The Labute approximate surface area is 275 Å². The van der Waals surface area contributed by atoms with Gasteiger partial charge in [0, 0.05) is 27.6 Å². The van der Waals surface area contributed by atoms with E-state index in [9.17, 15) is 0 Å². The van der Waals surface area contributed by atoms with E-state index in [0.29, 0.717) is 0 Å². The molecule has 0 amide bonds. The summed E-state index contributed by atoms with van der Waals surface area (Å²) in [4.78, 5) is 2.43. The summed E-state index contributed by atoms with van der Waals surface area (Å²) in [5.41, 5.74) is 14.7. The van der Waals surface area contributed by atoms with Crippen LogP contribution in [0.4, 0.5) is 17.1 Å². The Morgan fingerprint density at radius 1 is 0.468 bits per heavy atom. The normalized spacial score (nSPS) is 13.1. The number of nitrogens with zero attached hydrogens (tertiary/aromatic N) is 2. The lowest BCUT2D eigenvalue weighted by Crippen LogP contribution is -2.16. The summed E-state index contributed by atoms with van der Waals surface area (Å²) >= 11 is 0. The van der Waals surface area contributed by atoms with Crippen molar-refractivity contribution in [2.24, 2.45) is 0 Å². The van der Waals surface area contributed by atoms with Gasteiger partial charge in [0.05, 0.1) is 22.4 Å². The van der Waals surface area contributed by atoms with E-state index in [1.54, 1.807) is 0 Å². The van der Waals surface area contributed by atoms with Gasteiger partial charge >= 0.3 is 0 Å². The van der Waals surface area contributed by atoms with E-state index in [1.165, 1.54) is 55.2 Å². The molecule has 0 fully saturated rings. The molecule has 2 nitrogen and oxygen atoms in total. The Hall–Kier alpha value is -5.86. The second-order valence-electron chi connectivity index (χ2n) is 13.0. The first kappa shape index (κ1) is 27.5. The highest BCUT2D eigenvalue weighted by Gasteiger charge is 2.37. The zero-order valence-corrected chi connectivity index (χ0v) is 26.6. The van der Waals surface area contributed by atoms with Crippen LogP contribution in [-0.2, 0) is 5.41 Å². The lowest BCUT2D eigenvalue weighted by atomic mass is 9.82. The van der Waals surface area contributed by atoms with Crippen molar-refractivity contribution in [3.8, 4) is 27.9 Å². The van der Waals surface area contributed by atoms with E-state index >= 15 is 0 Å². The van der Waals surface area contributed by atoms with Crippen LogP contribution in [-0.4, -0.2) is 4.57 Å². The van der Waals surface area contributed by atoms with Crippen molar-refractivity contribution in [2.75, 3.05) is 4.90 Å². The Morgan fingerprint density at radius 3 is 1.81 bits per heavy atom. The van der Waals surface area contributed by atoms with Crippen LogP contribution in [0.25, 0.3) is 49.7 Å². The number of benzene rings is 7. The molecule has 47 heavy (non-hydrogen) atoms. The third kappa shape index (κ3) is 4.18. The lowest BCUT2D eigenvalue weighted by molar-refractivity contribution is 0.660. The quantitative estimate of drug-likeness (QED) is 0.190. The Morgan fingerprint density at radius 2 is 1.09 bits per heavy atom. The molecule has 8 aromatic rings. The number of aromatic nitrogens is 1. The fraction of sp³-hybridized carbons (Fsp3) is 0.0667. The van der Waals surface area contributed by atoms with E-state index in [2.05, 4.69) is 193 Å². The van der Waals surface area contributed by atoms with Gasteiger partial charge in [0.15, 0.2) is 0 Å². The van der Waals surface area contributed by atoms with Gasteiger partial charge < -0.3 is 9.47 Å². The smallest absolute Gasteiger partial charge is 0.0702 e. The first-order valence-corrected chi connectivity index (χ1v) is 16.4. The molecule has 1 aliphatic rings. The summed E-state index contributed by atoms with van der Waals surface area (Å²) in [5.74, 6) is 0. The van der Waals surface area contributed by atoms with Gasteiger partial charge in [0.25, 0.3) is 0 Å². The van der Waals surface area contributed by atoms with Crippen LogP contribution in [0.3, 0.4) is 0 Å². The number of rotatable bonds is 5. The molecule has 0 spiro atoms. The predicted octanol–water partition coefficient (Wildman–Crippen LogP) is 12.2. The minimum atomic E-state index is -0.105. The largest absolute Gasteiger partial charge is 0.308 e. The van der Waals surface area contributed by atoms with Crippen molar-refractivity contribution < 1.29 is 0 Å². The summed E-state index contributed by atoms with van der Waals surface area (Å²) < 4.78 is 2.43. The number of para-hydroxylation sites is 5. The molecule has 0 N–H and O–H groups in total. The number of fused-ring (bicyclic) bond motifs is 6. The zero-order chi connectivity index (χ0) is 31.5. The van der Waals surface area contributed by atoms with Crippen molar-refractivity contribution in [1.82, 2.24) is 4.57 Å². The number of hydrogen-bond donors (Lipinski definition) is 0. The molecule has 0 atom stereocenters. The molecule has 0 aliphatic heterocycles. The van der Waals surface area contributed by atoms with Crippen LogP contribution in [0.2, 0.25) is 0 Å². The van der Waals surface area contributed by atoms with Gasteiger partial charge in [0.1, 0.15) is 0 Å². The molecule has 9 rings (SSSR count). The van der Waals surface area contributed by atoms with Gasteiger partial charge in [-0.25, -0.2) is 0 Å². The molecule has 0 saturated carbocycles. The molecular weight excluding hydrogens is 569 g/mol. The lowest BCUT2D eigenvalue weighted by Gasteiger charge is -2.29. The average Bonchev–Trinajstić information content (AvgIpc) is 3.58. The van der Waals surface area contributed by atoms with Crippen LogP contribution in [0, 0.1) is 0 Å². The molecule has 0 saturated heterocycles. The minimum absolute atomic E-state index is 0.105. The molecule has 1 heterocycles. The van der Waals surface area contributed by atoms with Crippen molar-refractivity contribution in [3.63, 3.8) is 0 Å². The fourth-order valence-electron chi connectivity index (χ4n) is 7.82. The topological polar surface area (TPSA) is 8.17 Å². The molecule has 1 aliphatic carbocycles. The van der Waals surface area contributed by atoms with Crippen LogP contribution in [0.5, 0.6) is 0 Å². The molecular formula is C45H34N2. The van der Waals surface area contributed by atoms with Crippen LogP contribution >= 0.6 is 0 Å². The van der Waals surface area contributed by atoms with Crippen molar-refractivity contribution in [2.45, 2.75) is 19.3 Å². The van der Waals surface area contributed by atoms with Gasteiger partial charge in [-0.15, -0.1) is 0 Å². The fourth-order valence-corrected chi connectivity index (χ4v) is 7.82. The number of hydrogen-bond acceptors (Lipinski definition) is 1.